The van der Waals surface area contributed by atoms with Gasteiger partial charge in [-0.1, -0.05) is 50.5 Å². The molecule has 0 saturated carbocycles. The summed E-state index contributed by atoms with van der Waals surface area (Å²) in [7, 11) is 0. The molecule has 0 N–H and O–H groups in total. The minimum absolute atomic E-state index is 0.0686. The smallest absolute Gasteiger partial charge is 0.416 e. The zero-order valence-corrected chi connectivity index (χ0v) is 11.1. The zero-order valence-electron chi connectivity index (χ0n) is 16.1. The lowest BCUT2D eigenvalue weighted by Crippen LogP contribution is -2.40. The van der Waals surface area contributed by atoms with E-state index in [0.29, 0.717) is 6.42 Å². The lowest BCUT2D eigenvalue weighted by Gasteiger charge is -2.21. The van der Waals surface area contributed by atoms with Crippen molar-refractivity contribution < 1.29 is 21.2 Å². The van der Waals surface area contributed by atoms with Crippen molar-refractivity contribution in [2.24, 2.45) is 5.92 Å². The molecule has 2 amide bonds. The number of rotatable bonds is 5. The van der Waals surface area contributed by atoms with E-state index in [9.17, 15) is 9.59 Å². The number of hydrogen-bond acceptors (Lipinski definition) is 3. The lowest BCUT2D eigenvalue weighted by molar-refractivity contribution is -0.130. The van der Waals surface area contributed by atoms with Gasteiger partial charge in [0.15, 0.2) is 0 Å². The van der Waals surface area contributed by atoms with E-state index in [1.165, 1.54) is 0 Å². The molecule has 3 atom stereocenters. The zero-order chi connectivity index (χ0) is 18.6. The van der Waals surface area contributed by atoms with Crippen molar-refractivity contribution in [3.63, 3.8) is 0 Å². The predicted octanol–water partition coefficient (Wildman–Crippen LogP) is 3.01. The van der Waals surface area contributed by atoms with Gasteiger partial charge in [-0.25, -0.2) is 9.69 Å². The van der Waals surface area contributed by atoms with Crippen molar-refractivity contribution >= 4 is 12.0 Å². The summed E-state index contributed by atoms with van der Waals surface area (Å²) in [5.41, 5.74) is 0.940. The Morgan fingerprint density at radius 3 is 3.05 bits per heavy atom. The molecule has 1 aliphatic rings. The minimum atomic E-state index is -1.57. The molecular formula is C16H21NO3. The number of carbonyl (C=O) groups is 2. The Hall–Kier alpha value is -1.84. The summed E-state index contributed by atoms with van der Waals surface area (Å²) in [6.07, 6.45) is -2.11. The Morgan fingerprint density at radius 2 is 2.35 bits per heavy atom. The molecule has 0 spiro atoms. The minimum Gasteiger partial charge on any atom is -0.447 e. The number of hydrogen-bond donors (Lipinski definition) is 0. The quantitative estimate of drug-likeness (QED) is 0.833. The molecule has 1 fully saturated rings. The molecule has 0 aromatic heterocycles. The van der Waals surface area contributed by atoms with Crippen molar-refractivity contribution in [1.29, 1.82) is 0 Å². The van der Waals surface area contributed by atoms with Crippen molar-refractivity contribution in [1.82, 2.24) is 4.90 Å². The number of ether oxygens (including phenoxy) is 1. The average Bonchev–Trinajstić information content (AvgIpc) is 2.93. The van der Waals surface area contributed by atoms with Crippen LogP contribution in [0, 0.1) is 5.92 Å². The standard InChI is InChI=1S/C16H21NO3/c1-3-12(2)9-15(18)17-14(11-20-16(17)19)10-13-7-5-4-6-8-13/h4-8,12,14H,3,9-11H2,1-2H3/t12-,14+/m0/s1/i1D2,2D2,3D/t3-,12-,14+. The fourth-order valence-electron chi connectivity index (χ4n) is 2.17. The molecule has 0 radical (unpaired) electrons. The maximum atomic E-state index is 12.6. The maximum Gasteiger partial charge on any atom is 0.416 e. The van der Waals surface area contributed by atoms with Gasteiger partial charge >= 0.3 is 6.09 Å². The Bertz CT molecular complexity index is 599. The second kappa shape index (κ2) is 6.55. The normalized spacial score (nSPS) is 25.3. The van der Waals surface area contributed by atoms with Crippen molar-refractivity contribution in [2.45, 2.75) is 39.0 Å². The van der Waals surface area contributed by atoms with E-state index < -0.39 is 50.5 Å². The average molecular weight is 280 g/mol. The number of imide groups is 1. The largest absolute Gasteiger partial charge is 0.447 e. The first-order valence-electron chi connectivity index (χ1n) is 9.34. The van der Waals surface area contributed by atoms with Gasteiger partial charge in [-0.3, -0.25) is 4.79 Å². The molecule has 1 saturated heterocycles. The topological polar surface area (TPSA) is 46.6 Å². The Labute approximate surface area is 126 Å². The Balaban J connectivity index is 2.10. The van der Waals surface area contributed by atoms with Crippen LogP contribution >= 0.6 is 0 Å². The molecule has 1 aromatic rings. The van der Waals surface area contributed by atoms with E-state index in [2.05, 4.69) is 0 Å². The third-order valence-corrected chi connectivity index (χ3v) is 3.20. The Kier molecular flexibility index (Phi) is 3.00. The first-order chi connectivity index (χ1) is 11.8. The van der Waals surface area contributed by atoms with Crippen LogP contribution in [0.4, 0.5) is 4.79 Å². The monoisotopic (exact) mass is 280 g/mol. The highest BCUT2D eigenvalue weighted by Crippen LogP contribution is 2.20. The summed E-state index contributed by atoms with van der Waals surface area (Å²) in [5, 5.41) is 0. The van der Waals surface area contributed by atoms with Crippen LogP contribution in [-0.4, -0.2) is 29.5 Å². The molecule has 108 valence electrons. The van der Waals surface area contributed by atoms with Gasteiger partial charge in [0.1, 0.15) is 6.61 Å². The molecule has 4 heteroatoms. The van der Waals surface area contributed by atoms with E-state index >= 15 is 0 Å². The summed E-state index contributed by atoms with van der Waals surface area (Å²) in [5.74, 6) is -1.74. The van der Waals surface area contributed by atoms with Crippen LogP contribution in [-0.2, 0) is 16.0 Å². The van der Waals surface area contributed by atoms with Crippen molar-refractivity contribution in [3.05, 3.63) is 35.9 Å². The lowest BCUT2D eigenvalue weighted by atomic mass is 10.0. The van der Waals surface area contributed by atoms with Gasteiger partial charge < -0.3 is 4.74 Å². The summed E-state index contributed by atoms with van der Waals surface area (Å²) >= 11 is 0. The number of cyclic esters (lactones) is 1. The second-order valence-corrected chi connectivity index (χ2v) is 4.74. The molecule has 2 rings (SSSR count). The van der Waals surface area contributed by atoms with Gasteiger partial charge in [0, 0.05) is 13.3 Å². The van der Waals surface area contributed by atoms with E-state index in [4.69, 9.17) is 11.6 Å². The number of amides is 2. The van der Waals surface area contributed by atoms with Crippen molar-refractivity contribution in [2.75, 3.05) is 6.61 Å². The second-order valence-electron chi connectivity index (χ2n) is 4.74. The maximum absolute atomic E-state index is 12.6. The number of benzene rings is 1. The van der Waals surface area contributed by atoms with Crippen LogP contribution in [0.15, 0.2) is 30.3 Å². The van der Waals surface area contributed by atoms with Crippen LogP contribution in [0.3, 0.4) is 0 Å². The van der Waals surface area contributed by atoms with Crippen LogP contribution < -0.4 is 0 Å². The van der Waals surface area contributed by atoms with Gasteiger partial charge in [0.05, 0.1) is 6.04 Å². The molecule has 4 nitrogen and oxygen atoms in total. The highest BCUT2D eigenvalue weighted by Gasteiger charge is 2.37. The van der Waals surface area contributed by atoms with Crippen LogP contribution in [0.5, 0.6) is 0 Å². The number of carbonyl (C=O) groups excluding carboxylic acids is 2. The van der Waals surface area contributed by atoms with Crippen LogP contribution in [0.25, 0.3) is 0 Å². The SMILES string of the molecule is [2H]C([2H])[C@H]([2H])[C@@H](CC(=O)N1C(=O)OC[C@H]1Cc1ccccc1)C([2H])[2H]. The predicted molar refractivity (Wildman–Crippen MR) is 76.2 cm³/mol. The highest BCUT2D eigenvalue weighted by molar-refractivity contribution is 5.93. The fraction of sp³-hybridized carbons (Fsp3) is 0.500. The van der Waals surface area contributed by atoms with Gasteiger partial charge in [-0.05, 0) is 17.9 Å². The van der Waals surface area contributed by atoms with E-state index in [-0.39, 0.29) is 6.61 Å². The van der Waals surface area contributed by atoms with E-state index in [1.807, 2.05) is 30.3 Å². The first-order valence-corrected chi connectivity index (χ1v) is 6.45. The summed E-state index contributed by atoms with van der Waals surface area (Å²) in [4.78, 5) is 25.5. The molecule has 0 aliphatic carbocycles. The fourth-order valence-corrected chi connectivity index (χ4v) is 2.17. The molecule has 20 heavy (non-hydrogen) atoms. The van der Waals surface area contributed by atoms with Crippen LogP contribution in [0.1, 0.15) is 39.0 Å². The summed E-state index contributed by atoms with van der Waals surface area (Å²) in [6, 6.07) is 8.85. The van der Waals surface area contributed by atoms with Gasteiger partial charge in [-0.15, -0.1) is 0 Å². The van der Waals surface area contributed by atoms with Crippen LogP contribution in [0.2, 0.25) is 0 Å². The summed E-state index contributed by atoms with van der Waals surface area (Å²) in [6.45, 7) is -3.03. The van der Waals surface area contributed by atoms with Crippen molar-refractivity contribution in [3.8, 4) is 0 Å². The highest BCUT2D eigenvalue weighted by atomic mass is 16.6. The first kappa shape index (κ1) is 9.16. The molecular weight excluding hydrogens is 254 g/mol. The third kappa shape index (κ3) is 3.38. The molecule has 1 aromatic carbocycles. The molecule has 1 heterocycles. The summed E-state index contributed by atoms with van der Waals surface area (Å²) < 4.78 is 42.3. The van der Waals surface area contributed by atoms with Gasteiger partial charge in [-0.2, -0.15) is 0 Å². The molecule has 1 aliphatic heterocycles. The third-order valence-electron chi connectivity index (χ3n) is 3.20. The van der Waals surface area contributed by atoms with E-state index in [0.717, 1.165) is 10.5 Å². The van der Waals surface area contributed by atoms with Gasteiger partial charge in [0.2, 0.25) is 5.91 Å². The van der Waals surface area contributed by atoms with E-state index in [1.54, 1.807) is 0 Å². The molecule has 0 bridgehead atoms. The Morgan fingerprint density at radius 1 is 1.55 bits per heavy atom. The number of nitrogens with zero attached hydrogens (tertiary/aromatic N) is 1. The van der Waals surface area contributed by atoms with Gasteiger partial charge in [0.25, 0.3) is 0 Å². The molecule has 0 unspecified atom stereocenters.